The molecule has 1 aromatic carbocycles. The zero-order valence-corrected chi connectivity index (χ0v) is 17.0. The van der Waals surface area contributed by atoms with Gasteiger partial charge in [0.2, 0.25) is 0 Å². The summed E-state index contributed by atoms with van der Waals surface area (Å²) in [6.45, 7) is 2.27. The molecule has 0 spiro atoms. The van der Waals surface area contributed by atoms with E-state index in [-0.39, 0.29) is 5.91 Å². The maximum atomic E-state index is 12.9. The van der Waals surface area contributed by atoms with Crippen LogP contribution in [0.1, 0.15) is 27.2 Å². The maximum absolute atomic E-state index is 12.9. The summed E-state index contributed by atoms with van der Waals surface area (Å²) in [4.78, 5) is 17.3. The van der Waals surface area contributed by atoms with E-state index in [0.717, 1.165) is 5.56 Å². The highest BCUT2D eigenvalue weighted by Crippen LogP contribution is 2.27. The van der Waals surface area contributed by atoms with Crippen LogP contribution in [-0.2, 0) is 5.75 Å². The number of nitrogens with zero attached hydrogens (tertiary/aromatic N) is 3. The van der Waals surface area contributed by atoms with E-state index in [1.165, 1.54) is 0 Å². The number of aromatic nitrogens is 2. The van der Waals surface area contributed by atoms with Crippen molar-refractivity contribution in [1.29, 1.82) is 5.26 Å². The van der Waals surface area contributed by atoms with Crippen LogP contribution in [0.25, 0.3) is 22.6 Å². The number of furan rings is 1. The van der Waals surface area contributed by atoms with Crippen molar-refractivity contribution in [3.05, 3.63) is 71.1 Å². The summed E-state index contributed by atoms with van der Waals surface area (Å²) in [7, 11) is 0. The smallest absolute Gasteiger partial charge is 0.259 e. The summed E-state index contributed by atoms with van der Waals surface area (Å²) < 4.78 is 10.7. The molecule has 0 radical (unpaired) electrons. The minimum Gasteiger partial charge on any atom is -0.463 e. The summed E-state index contributed by atoms with van der Waals surface area (Å²) in [5, 5.41) is 16.6. The van der Waals surface area contributed by atoms with Crippen LogP contribution in [0.15, 0.2) is 57.7 Å². The number of aryl methyl sites for hydroxylation is 1. The highest BCUT2D eigenvalue weighted by atomic mass is 32.2. The van der Waals surface area contributed by atoms with Gasteiger partial charge in [0, 0.05) is 18.1 Å². The topological polar surface area (TPSA) is 105 Å². The van der Waals surface area contributed by atoms with Crippen molar-refractivity contribution >= 4 is 28.8 Å². The summed E-state index contributed by atoms with van der Waals surface area (Å²) in [5.74, 6) is 1.76. The van der Waals surface area contributed by atoms with Crippen molar-refractivity contribution in [1.82, 2.24) is 15.5 Å². The lowest BCUT2D eigenvalue weighted by Crippen LogP contribution is -2.26. The van der Waals surface area contributed by atoms with E-state index in [9.17, 15) is 4.79 Å². The van der Waals surface area contributed by atoms with Crippen LogP contribution in [0.4, 0.5) is 0 Å². The molecule has 0 saturated carbocycles. The van der Waals surface area contributed by atoms with Crippen molar-refractivity contribution in [2.45, 2.75) is 12.7 Å². The quantitative estimate of drug-likeness (QED) is 0.445. The number of hydrogen-bond donors (Lipinski definition) is 1. The maximum Gasteiger partial charge on any atom is 0.259 e. The Morgan fingerprint density at radius 1 is 1.27 bits per heavy atom. The number of carbonyl (C=O) groups excluding carboxylic acids is 1. The average molecular weight is 418 g/mol. The fourth-order valence-corrected chi connectivity index (χ4v) is 3.96. The van der Waals surface area contributed by atoms with Gasteiger partial charge in [0.05, 0.1) is 34.5 Å². The normalized spacial score (nSPS) is 10.8. The number of hydrogen-bond acceptors (Lipinski definition) is 7. The van der Waals surface area contributed by atoms with Crippen LogP contribution in [0.2, 0.25) is 0 Å². The first kappa shape index (κ1) is 19.7. The first-order valence-corrected chi connectivity index (χ1v) is 10.5. The second kappa shape index (κ2) is 8.84. The molecule has 1 amide bonds. The van der Waals surface area contributed by atoms with Gasteiger partial charge in [-0.15, -0.1) is 0 Å². The van der Waals surface area contributed by atoms with Crippen molar-refractivity contribution in [2.75, 3.05) is 12.3 Å². The largest absolute Gasteiger partial charge is 0.463 e. The molecule has 3 aromatic heterocycles. The number of fused-ring (bicyclic) bond motifs is 1. The minimum atomic E-state index is -0.223. The van der Waals surface area contributed by atoms with E-state index in [0.29, 0.717) is 57.4 Å². The summed E-state index contributed by atoms with van der Waals surface area (Å²) in [5.41, 5.74) is 3.54. The summed E-state index contributed by atoms with van der Waals surface area (Å²) in [6.07, 6.45) is 1.55. The van der Waals surface area contributed by atoms with Crippen LogP contribution < -0.4 is 5.32 Å². The van der Waals surface area contributed by atoms with Gasteiger partial charge in [0.15, 0.2) is 5.76 Å². The number of amides is 1. The van der Waals surface area contributed by atoms with E-state index in [4.69, 9.17) is 14.2 Å². The molecule has 0 fully saturated rings. The Hall–Kier alpha value is -3.57. The molecule has 8 heteroatoms. The first-order chi connectivity index (χ1) is 14.7. The lowest BCUT2D eigenvalue weighted by atomic mass is 10.1. The van der Waals surface area contributed by atoms with Crippen molar-refractivity contribution < 1.29 is 13.7 Å². The monoisotopic (exact) mass is 418 g/mol. The molecule has 4 rings (SSSR count). The third-order valence-electron chi connectivity index (χ3n) is 4.56. The molecular weight excluding hydrogens is 400 g/mol. The van der Waals surface area contributed by atoms with E-state index in [2.05, 4.69) is 21.5 Å². The average Bonchev–Trinajstić information content (AvgIpc) is 3.43. The second-order valence-corrected chi connectivity index (χ2v) is 7.66. The van der Waals surface area contributed by atoms with Crippen LogP contribution >= 0.6 is 11.8 Å². The SMILES string of the molecule is Cc1noc2nc(-c3ccco3)cc(C(=O)NCCSCc3ccccc3C#N)c12. The molecule has 4 aromatic rings. The molecular formula is C22H18N4O3S. The van der Waals surface area contributed by atoms with Gasteiger partial charge in [-0.2, -0.15) is 17.0 Å². The van der Waals surface area contributed by atoms with Crippen LogP contribution in [-0.4, -0.2) is 28.3 Å². The molecule has 3 heterocycles. The van der Waals surface area contributed by atoms with Gasteiger partial charge >= 0.3 is 0 Å². The Morgan fingerprint density at radius 2 is 2.13 bits per heavy atom. The fourth-order valence-electron chi connectivity index (χ4n) is 3.09. The molecule has 0 unspecified atom stereocenters. The Labute approximate surface area is 177 Å². The van der Waals surface area contributed by atoms with Crippen LogP contribution in [0.5, 0.6) is 0 Å². The number of benzene rings is 1. The molecule has 0 bridgehead atoms. The number of nitrogens with one attached hydrogen (secondary N) is 1. The Bertz CT molecular complexity index is 1230. The minimum absolute atomic E-state index is 0.223. The molecule has 7 nitrogen and oxygen atoms in total. The standard InChI is InChI=1S/C22H18N4O3S/c1-14-20-17(11-18(19-7-4-9-28-19)25-22(20)29-26-14)21(27)24-8-10-30-13-16-6-3-2-5-15(16)12-23/h2-7,9,11H,8,10,13H2,1H3,(H,24,27). The highest BCUT2D eigenvalue weighted by molar-refractivity contribution is 7.98. The van der Waals surface area contributed by atoms with E-state index >= 15 is 0 Å². The van der Waals surface area contributed by atoms with Gasteiger partial charge in [0.1, 0.15) is 5.69 Å². The Morgan fingerprint density at radius 3 is 2.93 bits per heavy atom. The lowest BCUT2D eigenvalue weighted by Gasteiger charge is -2.08. The predicted molar refractivity (Wildman–Crippen MR) is 114 cm³/mol. The molecule has 0 atom stereocenters. The predicted octanol–water partition coefficient (Wildman–Crippen LogP) is 4.33. The van der Waals surface area contributed by atoms with Gasteiger partial charge in [-0.05, 0) is 36.8 Å². The number of thioether (sulfide) groups is 1. The van der Waals surface area contributed by atoms with Crippen molar-refractivity contribution in [2.24, 2.45) is 0 Å². The highest BCUT2D eigenvalue weighted by Gasteiger charge is 2.20. The number of rotatable bonds is 7. The Kier molecular flexibility index (Phi) is 5.82. The van der Waals surface area contributed by atoms with Gasteiger partial charge in [-0.25, -0.2) is 4.98 Å². The third kappa shape index (κ3) is 4.07. The van der Waals surface area contributed by atoms with Gasteiger partial charge in [-0.3, -0.25) is 4.79 Å². The number of carbonyl (C=O) groups is 1. The number of pyridine rings is 1. The zero-order chi connectivity index (χ0) is 20.9. The molecule has 0 saturated heterocycles. The van der Waals surface area contributed by atoms with E-state index in [1.54, 1.807) is 43.1 Å². The molecule has 0 aliphatic carbocycles. The second-order valence-electron chi connectivity index (χ2n) is 6.56. The van der Waals surface area contributed by atoms with E-state index < -0.39 is 0 Å². The molecule has 1 N–H and O–H groups in total. The zero-order valence-electron chi connectivity index (χ0n) is 16.2. The lowest BCUT2D eigenvalue weighted by molar-refractivity contribution is 0.0957. The fraction of sp³-hybridized carbons (Fsp3) is 0.182. The molecule has 30 heavy (non-hydrogen) atoms. The summed E-state index contributed by atoms with van der Waals surface area (Å²) in [6, 6.07) is 15.0. The van der Waals surface area contributed by atoms with Crippen LogP contribution in [0, 0.1) is 18.3 Å². The van der Waals surface area contributed by atoms with Crippen LogP contribution in [0.3, 0.4) is 0 Å². The third-order valence-corrected chi connectivity index (χ3v) is 5.57. The Balaban J connectivity index is 1.43. The van der Waals surface area contributed by atoms with Crippen molar-refractivity contribution in [3.8, 4) is 17.5 Å². The summed E-state index contributed by atoms with van der Waals surface area (Å²) >= 11 is 1.66. The molecule has 150 valence electrons. The number of nitriles is 1. The van der Waals surface area contributed by atoms with Gasteiger partial charge in [0.25, 0.3) is 11.6 Å². The van der Waals surface area contributed by atoms with Crippen molar-refractivity contribution in [3.63, 3.8) is 0 Å². The molecule has 0 aliphatic rings. The molecule has 0 aliphatic heterocycles. The van der Waals surface area contributed by atoms with Gasteiger partial charge in [-0.1, -0.05) is 23.4 Å². The first-order valence-electron chi connectivity index (χ1n) is 9.32. The van der Waals surface area contributed by atoms with Gasteiger partial charge < -0.3 is 14.3 Å². The van der Waals surface area contributed by atoms with E-state index in [1.807, 2.05) is 24.3 Å².